The summed E-state index contributed by atoms with van der Waals surface area (Å²) in [6.45, 7) is 1.87. The molecule has 0 spiro atoms. The highest BCUT2D eigenvalue weighted by Crippen LogP contribution is 2.19. The Balaban J connectivity index is 2.37. The summed E-state index contributed by atoms with van der Waals surface area (Å²) in [5, 5.41) is 12.7. The van der Waals surface area contributed by atoms with Gasteiger partial charge in [-0.2, -0.15) is 0 Å². The predicted octanol–water partition coefficient (Wildman–Crippen LogP) is 2.89. The fourth-order valence-electron chi connectivity index (χ4n) is 1.62. The van der Waals surface area contributed by atoms with E-state index in [9.17, 15) is 13.5 Å². The summed E-state index contributed by atoms with van der Waals surface area (Å²) in [6, 6.07) is 12.9. The van der Waals surface area contributed by atoms with E-state index >= 15 is 0 Å². The van der Waals surface area contributed by atoms with Gasteiger partial charge >= 0.3 is 0 Å². The Hall–Kier alpha value is -1.59. The first-order chi connectivity index (χ1) is 9.38. The second-order valence-electron chi connectivity index (χ2n) is 4.35. The molecular weight excluding hydrogens is 340 g/mol. The quantitative estimate of drug-likeness (QED) is 0.798. The second kappa shape index (κ2) is 5.81. The Bertz CT molecular complexity index is 730. The van der Waals surface area contributed by atoms with Crippen LogP contribution in [0.3, 0.4) is 0 Å². The van der Waals surface area contributed by atoms with Gasteiger partial charge in [0, 0.05) is 9.88 Å². The van der Waals surface area contributed by atoms with E-state index in [1.807, 2.05) is 6.92 Å². The molecule has 20 heavy (non-hydrogen) atoms. The Labute approximate surface area is 126 Å². The molecule has 0 radical (unpaired) electrons. The van der Waals surface area contributed by atoms with Crippen molar-refractivity contribution in [1.29, 1.82) is 0 Å². The number of benzene rings is 2. The van der Waals surface area contributed by atoms with Crippen LogP contribution in [0.1, 0.15) is 11.1 Å². The average molecular weight is 352 g/mol. The van der Waals surface area contributed by atoms with E-state index in [1.54, 1.807) is 36.4 Å². The fraction of sp³-hybridized carbons (Fsp3) is 0.0667. The van der Waals surface area contributed by atoms with Gasteiger partial charge in [-0.3, -0.25) is 0 Å². The lowest BCUT2D eigenvalue weighted by molar-refractivity contribution is -0.243. The topological polar surface area (TPSA) is 57.2 Å². The first-order valence-corrected chi connectivity index (χ1v) is 8.19. The third-order valence-corrected chi connectivity index (χ3v) is 4.72. The van der Waals surface area contributed by atoms with Gasteiger partial charge in [0.1, 0.15) is 0 Å². The van der Waals surface area contributed by atoms with Crippen molar-refractivity contribution in [2.24, 2.45) is 0 Å². The maximum absolute atomic E-state index is 12.1. The molecule has 0 bridgehead atoms. The van der Waals surface area contributed by atoms with Crippen LogP contribution in [0.2, 0.25) is 0 Å². The third kappa shape index (κ3) is 3.49. The molecule has 0 aromatic heterocycles. The third-order valence-electron chi connectivity index (χ3n) is 2.74. The number of halogens is 1. The van der Waals surface area contributed by atoms with E-state index in [2.05, 4.69) is 15.9 Å². The monoisotopic (exact) mass is 351 g/mol. The van der Waals surface area contributed by atoms with Crippen molar-refractivity contribution in [2.45, 2.75) is 11.8 Å². The lowest BCUT2D eigenvalue weighted by atomic mass is 10.2. The second-order valence-corrected chi connectivity index (χ2v) is 7.06. The van der Waals surface area contributed by atoms with Crippen LogP contribution in [0.15, 0.2) is 63.3 Å². The highest BCUT2D eigenvalue weighted by Gasteiger charge is 2.10. The maximum Gasteiger partial charge on any atom is 0.199 e. The highest BCUT2D eigenvalue weighted by atomic mass is 79.9. The van der Waals surface area contributed by atoms with E-state index in [4.69, 9.17) is 0 Å². The van der Waals surface area contributed by atoms with Crippen LogP contribution in [0.5, 0.6) is 0 Å². The molecule has 0 saturated carbocycles. The summed E-state index contributed by atoms with van der Waals surface area (Å²) in [6.07, 6.45) is 0. The summed E-state index contributed by atoms with van der Waals surface area (Å²) in [5.74, 6) is -0.530. The lowest BCUT2D eigenvalue weighted by Gasteiger charge is -2.12. The summed E-state index contributed by atoms with van der Waals surface area (Å²) in [5.41, 5.74) is 1.30. The lowest BCUT2D eigenvalue weighted by Crippen LogP contribution is -2.06. The molecule has 0 heterocycles. The molecule has 3 nitrogen and oxygen atoms in total. The van der Waals surface area contributed by atoms with Gasteiger partial charge in [-0.05, 0) is 36.8 Å². The first kappa shape index (κ1) is 14.8. The fourth-order valence-corrected chi connectivity index (χ4v) is 2.95. The normalized spacial score (nSPS) is 12.4. The maximum atomic E-state index is 12.1. The van der Waals surface area contributed by atoms with Crippen LogP contribution in [0.4, 0.5) is 0 Å². The molecule has 0 aliphatic heterocycles. The molecule has 0 aliphatic carbocycles. The largest absolute Gasteiger partial charge is 0.872 e. The van der Waals surface area contributed by atoms with Crippen molar-refractivity contribution in [2.75, 3.05) is 0 Å². The summed E-state index contributed by atoms with van der Waals surface area (Å²) in [7, 11) is -3.72. The molecular formula is C15H12BrO3S-. The zero-order chi connectivity index (χ0) is 14.8. The number of hydrogen-bond donors (Lipinski definition) is 0. The minimum Gasteiger partial charge on any atom is -0.872 e. The Morgan fingerprint density at radius 1 is 1.05 bits per heavy atom. The average Bonchev–Trinajstić information content (AvgIpc) is 2.39. The zero-order valence-corrected chi connectivity index (χ0v) is 13.1. The van der Waals surface area contributed by atoms with Crippen LogP contribution in [0, 0.1) is 6.92 Å². The molecule has 0 amide bonds. The summed E-state index contributed by atoms with van der Waals surface area (Å²) in [4.78, 5) is 0.119. The van der Waals surface area contributed by atoms with Gasteiger partial charge in [-0.15, -0.1) is 0 Å². The summed E-state index contributed by atoms with van der Waals surface area (Å²) < 4.78 is 25.0. The minimum atomic E-state index is -3.72. The Morgan fingerprint density at radius 2 is 1.60 bits per heavy atom. The number of sulfone groups is 1. The van der Waals surface area contributed by atoms with Gasteiger partial charge in [0.2, 0.25) is 0 Å². The molecule has 2 aromatic carbocycles. The number of hydrogen-bond acceptors (Lipinski definition) is 3. The van der Waals surface area contributed by atoms with E-state index in [1.165, 1.54) is 12.1 Å². The van der Waals surface area contributed by atoms with E-state index in [0.717, 1.165) is 15.4 Å². The van der Waals surface area contributed by atoms with Gasteiger partial charge in [0.15, 0.2) is 9.84 Å². The van der Waals surface area contributed by atoms with E-state index in [0.29, 0.717) is 5.56 Å². The molecule has 0 atom stereocenters. The molecule has 0 N–H and O–H groups in total. The van der Waals surface area contributed by atoms with Crippen molar-refractivity contribution in [3.05, 3.63) is 69.5 Å². The first-order valence-electron chi connectivity index (χ1n) is 5.85. The molecule has 2 aromatic rings. The molecule has 0 fully saturated rings. The molecule has 104 valence electrons. The van der Waals surface area contributed by atoms with Gasteiger partial charge in [0.25, 0.3) is 0 Å². The van der Waals surface area contributed by atoms with Crippen LogP contribution < -0.4 is 5.11 Å². The zero-order valence-electron chi connectivity index (χ0n) is 10.7. The minimum absolute atomic E-state index is 0.119. The standard InChI is InChI=1S/C15H13BrO3S/c1-11-2-8-14(9-3-11)20(18,19)10-15(17)12-4-6-13(16)7-5-12/h2-10,17H,1H3/p-1/b15-10-. The highest BCUT2D eigenvalue weighted by molar-refractivity contribution is 9.10. The molecule has 0 aliphatic rings. The van der Waals surface area contributed by atoms with Crippen molar-refractivity contribution in [1.82, 2.24) is 0 Å². The Kier molecular flexibility index (Phi) is 4.30. The number of aryl methyl sites for hydroxylation is 1. The van der Waals surface area contributed by atoms with Crippen molar-refractivity contribution >= 4 is 31.5 Å². The predicted molar refractivity (Wildman–Crippen MR) is 80.5 cm³/mol. The van der Waals surface area contributed by atoms with E-state index < -0.39 is 15.6 Å². The number of rotatable bonds is 3. The molecule has 0 saturated heterocycles. The molecule has 2 rings (SSSR count). The van der Waals surface area contributed by atoms with Gasteiger partial charge in [-0.25, -0.2) is 8.42 Å². The molecule has 5 heteroatoms. The Morgan fingerprint density at radius 3 is 2.15 bits per heavy atom. The summed E-state index contributed by atoms with van der Waals surface area (Å²) >= 11 is 3.26. The van der Waals surface area contributed by atoms with E-state index in [-0.39, 0.29) is 4.90 Å². The van der Waals surface area contributed by atoms with Crippen LogP contribution >= 0.6 is 15.9 Å². The van der Waals surface area contributed by atoms with Crippen molar-refractivity contribution in [3.63, 3.8) is 0 Å². The van der Waals surface area contributed by atoms with Crippen molar-refractivity contribution in [3.8, 4) is 0 Å². The van der Waals surface area contributed by atoms with Gasteiger partial charge < -0.3 is 5.11 Å². The SMILES string of the molecule is Cc1ccc(S(=O)(=O)/C=C(\[O-])c2ccc(Br)cc2)cc1. The van der Waals surface area contributed by atoms with Crippen LogP contribution in [-0.2, 0) is 9.84 Å². The smallest absolute Gasteiger partial charge is 0.199 e. The van der Waals surface area contributed by atoms with Crippen molar-refractivity contribution < 1.29 is 13.5 Å². The molecule has 0 unspecified atom stereocenters. The van der Waals surface area contributed by atoms with Gasteiger partial charge in [0.05, 0.1) is 4.90 Å². The van der Waals surface area contributed by atoms with Gasteiger partial charge in [-0.1, -0.05) is 51.5 Å². The van der Waals surface area contributed by atoms with Crippen LogP contribution in [0.25, 0.3) is 5.76 Å². The van der Waals surface area contributed by atoms with Crippen LogP contribution in [-0.4, -0.2) is 8.42 Å².